The Bertz CT molecular complexity index is 1060. The number of hydrogen-bond acceptors (Lipinski definition) is 4. The smallest absolute Gasteiger partial charge is 0.243 e. The summed E-state index contributed by atoms with van der Waals surface area (Å²) >= 11 is 12.2. The molecule has 4 rings (SSSR count). The van der Waals surface area contributed by atoms with Crippen molar-refractivity contribution in [3.63, 3.8) is 0 Å². The highest BCUT2D eigenvalue weighted by Gasteiger charge is 2.48. The van der Waals surface area contributed by atoms with Crippen LogP contribution in [0.25, 0.3) is 0 Å². The Hall–Kier alpha value is -2.12. The molecule has 2 unspecified atom stereocenters. The number of carbonyl (C=O) groups excluding carboxylic acids is 2. The molecule has 2 aromatic rings. The SMILES string of the molecule is CC(C)CC(C(=O)NCc1ccc(Cl)c(Cl)c1)N1CC(CCc2ccccc2)N2C[C@H](N)C[C@H]2C1=O. The second-order valence-corrected chi connectivity index (χ2v) is 11.3. The number of hydrogen-bond donors (Lipinski definition) is 2. The highest BCUT2D eigenvalue weighted by Crippen LogP contribution is 2.31. The van der Waals surface area contributed by atoms with E-state index in [2.05, 4.69) is 48.3 Å². The van der Waals surface area contributed by atoms with Crippen molar-refractivity contribution in [2.45, 2.75) is 70.2 Å². The number of piperazine rings is 1. The van der Waals surface area contributed by atoms with Crippen LogP contribution in [0, 0.1) is 5.92 Å². The Morgan fingerprint density at radius 2 is 1.83 bits per heavy atom. The zero-order valence-electron chi connectivity index (χ0n) is 21.0. The minimum atomic E-state index is -0.529. The first-order chi connectivity index (χ1) is 17.2. The molecule has 2 heterocycles. The zero-order valence-corrected chi connectivity index (χ0v) is 22.5. The van der Waals surface area contributed by atoms with Crippen LogP contribution in [0.2, 0.25) is 10.0 Å². The lowest BCUT2D eigenvalue weighted by atomic mass is 9.95. The molecule has 0 aliphatic carbocycles. The summed E-state index contributed by atoms with van der Waals surface area (Å²) in [6, 6.07) is 15.1. The maximum absolute atomic E-state index is 13.7. The molecule has 0 aromatic heterocycles. The summed E-state index contributed by atoms with van der Waals surface area (Å²) in [6.07, 6.45) is 3.07. The first-order valence-corrected chi connectivity index (χ1v) is 13.6. The molecule has 3 N–H and O–H groups in total. The average Bonchev–Trinajstić information content (AvgIpc) is 3.25. The van der Waals surface area contributed by atoms with E-state index < -0.39 is 6.04 Å². The monoisotopic (exact) mass is 530 g/mol. The topological polar surface area (TPSA) is 78.7 Å². The minimum absolute atomic E-state index is 0.0225. The van der Waals surface area contributed by atoms with Crippen LogP contribution in [0.3, 0.4) is 0 Å². The molecule has 8 heteroatoms. The fourth-order valence-electron chi connectivity index (χ4n) is 5.45. The summed E-state index contributed by atoms with van der Waals surface area (Å²) in [5, 5.41) is 3.96. The quantitative estimate of drug-likeness (QED) is 0.507. The third kappa shape index (κ3) is 6.41. The number of amides is 2. The van der Waals surface area contributed by atoms with Crippen LogP contribution < -0.4 is 11.1 Å². The van der Waals surface area contributed by atoms with Gasteiger partial charge < -0.3 is 16.0 Å². The molecule has 4 atom stereocenters. The highest BCUT2D eigenvalue weighted by molar-refractivity contribution is 6.42. The summed E-state index contributed by atoms with van der Waals surface area (Å²) in [5.74, 6) is 0.139. The van der Waals surface area contributed by atoms with Crippen molar-refractivity contribution in [2.75, 3.05) is 13.1 Å². The number of carbonyl (C=O) groups is 2. The number of aryl methyl sites for hydroxylation is 1. The first kappa shape index (κ1) is 26.9. The van der Waals surface area contributed by atoms with E-state index in [1.54, 1.807) is 12.1 Å². The van der Waals surface area contributed by atoms with Gasteiger partial charge in [-0.1, -0.05) is 73.4 Å². The van der Waals surface area contributed by atoms with E-state index in [1.807, 2.05) is 17.0 Å². The summed E-state index contributed by atoms with van der Waals surface area (Å²) in [4.78, 5) is 31.3. The zero-order chi connectivity index (χ0) is 25.8. The van der Waals surface area contributed by atoms with Gasteiger partial charge in [0.1, 0.15) is 6.04 Å². The van der Waals surface area contributed by atoms with Gasteiger partial charge in [-0.2, -0.15) is 0 Å². The van der Waals surface area contributed by atoms with Crippen LogP contribution in [0.1, 0.15) is 44.2 Å². The van der Waals surface area contributed by atoms with Gasteiger partial charge in [0, 0.05) is 31.7 Å². The van der Waals surface area contributed by atoms with Crippen LogP contribution >= 0.6 is 23.2 Å². The van der Waals surface area contributed by atoms with E-state index in [0.29, 0.717) is 36.0 Å². The van der Waals surface area contributed by atoms with Gasteiger partial charge in [-0.05, 0) is 54.9 Å². The minimum Gasteiger partial charge on any atom is -0.350 e. The van der Waals surface area contributed by atoms with Crippen LogP contribution in [0.5, 0.6) is 0 Å². The van der Waals surface area contributed by atoms with Crippen molar-refractivity contribution in [3.05, 3.63) is 69.7 Å². The van der Waals surface area contributed by atoms with Gasteiger partial charge in [0.2, 0.25) is 11.8 Å². The van der Waals surface area contributed by atoms with Crippen molar-refractivity contribution >= 4 is 35.0 Å². The van der Waals surface area contributed by atoms with Crippen LogP contribution in [-0.4, -0.2) is 58.9 Å². The second kappa shape index (κ2) is 12.0. The van der Waals surface area contributed by atoms with Crippen LogP contribution in [0.4, 0.5) is 0 Å². The standard InChI is InChI=1S/C28H36Cl2N4O2/c1-18(2)12-25(27(35)32-15-20-9-11-23(29)24(30)13-20)34-17-22(10-8-19-6-4-3-5-7-19)33-16-21(31)14-26(33)28(34)36/h3-7,9,11,13,18,21-22,25-26H,8,10,12,14-17,31H2,1-2H3,(H,32,35)/t21-,22?,25?,26+/m1/s1. The second-order valence-electron chi connectivity index (χ2n) is 10.5. The Morgan fingerprint density at radius 1 is 1.08 bits per heavy atom. The molecular weight excluding hydrogens is 495 g/mol. The fraction of sp³-hybridized carbons (Fsp3) is 0.500. The highest BCUT2D eigenvalue weighted by atomic mass is 35.5. The van der Waals surface area contributed by atoms with Gasteiger partial charge in [-0.3, -0.25) is 14.5 Å². The summed E-state index contributed by atoms with van der Waals surface area (Å²) in [6.45, 7) is 5.75. The summed E-state index contributed by atoms with van der Waals surface area (Å²) in [5.41, 5.74) is 8.45. The molecule has 2 fully saturated rings. The lowest BCUT2D eigenvalue weighted by Crippen LogP contribution is -2.64. The van der Waals surface area contributed by atoms with Gasteiger partial charge in [-0.25, -0.2) is 0 Å². The maximum Gasteiger partial charge on any atom is 0.243 e. The Kier molecular flexibility index (Phi) is 8.94. The lowest BCUT2D eigenvalue weighted by Gasteiger charge is -2.46. The molecule has 2 aliphatic rings. The third-order valence-corrected chi connectivity index (χ3v) is 7.99. The predicted molar refractivity (Wildman–Crippen MR) is 145 cm³/mol. The Balaban J connectivity index is 1.51. The molecule has 6 nitrogen and oxygen atoms in total. The summed E-state index contributed by atoms with van der Waals surface area (Å²) < 4.78 is 0. The molecule has 2 amide bonds. The van der Waals surface area contributed by atoms with E-state index in [0.717, 1.165) is 24.9 Å². The fourth-order valence-corrected chi connectivity index (χ4v) is 5.77. The van der Waals surface area contributed by atoms with E-state index in [-0.39, 0.29) is 35.9 Å². The molecular formula is C28H36Cl2N4O2. The molecule has 0 bridgehead atoms. The number of halogens is 2. The van der Waals surface area contributed by atoms with Crippen molar-refractivity contribution < 1.29 is 9.59 Å². The van der Waals surface area contributed by atoms with Crippen LogP contribution in [-0.2, 0) is 22.6 Å². The Morgan fingerprint density at radius 3 is 2.53 bits per heavy atom. The van der Waals surface area contributed by atoms with E-state index >= 15 is 0 Å². The number of benzene rings is 2. The van der Waals surface area contributed by atoms with E-state index in [9.17, 15) is 9.59 Å². The molecule has 0 spiro atoms. The van der Waals surface area contributed by atoms with Crippen molar-refractivity contribution in [1.29, 1.82) is 0 Å². The van der Waals surface area contributed by atoms with Gasteiger partial charge in [0.25, 0.3) is 0 Å². The van der Waals surface area contributed by atoms with Crippen molar-refractivity contribution in [1.82, 2.24) is 15.1 Å². The summed E-state index contributed by atoms with van der Waals surface area (Å²) in [7, 11) is 0. The number of rotatable bonds is 9. The molecule has 2 saturated heterocycles. The largest absolute Gasteiger partial charge is 0.350 e. The van der Waals surface area contributed by atoms with E-state index in [4.69, 9.17) is 28.9 Å². The van der Waals surface area contributed by atoms with Gasteiger partial charge in [-0.15, -0.1) is 0 Å². The first-order valence-electron chi connectivity index (χ1n) is 12.8. The van der Waals surface area contributed by atoms with Gasteiger partial charge in [0.05, 0.1) is 16.1 Å². The molecule has 36 heavy (non-hydrogen) atoms. The average molecular weight is 532 g/mol. The number of nitrogens with zero attached hydrogens (tertiary/aromatic N) is 2. The van der Waals surface area contributed by atoms with Crippen molar-refractivity contribution in [3.8, 4) is 0 Å². The third-order valence-electron chi connectivity index (χ3n) is 7.25. The molecule has 194 valence electrons. The van der Waals surface area contributed by atoms with Crippen molar-refractivity contribution in [2.24, 2.45) is 11.7 Å². The van der Waals surface area contributed by atoms with Crippen LogP contribution in [0.15, 0.2) is 48.5 Å². The maximum atomic E-state index is 13.7. The molecule has 2 aromatic carbocycles. The molecule has 2 aliphatic heterocycles. The molecule has 0 saturated carbocycles. The lowest BCUT2D eigenvalue weighted by molar-refractivity contribution is -0.151. The normalized spacial score (nSPS) is 23.1. The van der Waals surface area contributed by atoms with Gasteiger partial charge in [0.15, 0.2) is 0 Å². The van der Waals surface area contributed by atoms with Gasteiger partial charge >= 0.3 is 0 Å². The number of nitrogens with one attached hydrogen (secondary N) is 1. The number of nitrogens with two attached hydrogens (primary N) is 1. The molecule has 0 radical (unpaired) electrons. The van der Waals surface area contributed by atoms with E-state index in [1.165, 1.54) is 5.56 Å². The predicted octanol–water partition coefficient (Wildman–Crippen LogP) is 4.27. The number of fused-ring (bicyclic) bond motifs is 1. The Labute approximate surface area is 224 Å².